The highest BCUT2D eigenvalue weighted by molar-refractivity contribution is 5.85. The van der Waals surface area contributed by atoms with Crippen LogP contribution in [0.1, 0.15) is 13.8 Å². The van der Waals surface area contributed by atoms with E-state index in [1.54, 1.807) is 0 Å². The minimum absolute atomic E-state index is 0.0359. The number of ketones is 1. The van der Waals surface area contributed by atoms with Gasteiger partial charge >= 0.3 is 0 Å². The van der Waals surface area contributed by atoms with Crippen LogP contribution in [0.3, 0.4) is 0 Å². The van der Waals surface area contributed by atoms with Crippen molar-refractivity contribution in [1.82, 2.24) is 0 Å². The maximum Gasteiger partial charge on any atom is 0.143 e. The molecule has 2 unspecified atom stereocenters. The first-order chi connectivity index (χ1) is 5.70. The topological polar surface area (TPSA) is 38.8 Å². The number of carbonyl (C=O) groups excluding carboxylic acids is 1. The van der Waals surface area contributed by atoms with E-state index in [1.807, 2.05) is 13.8 Å². The number of ether oxygens (including phenoxy) is 2. The van der Waals surface area contributed by atoms with Gasteiger partial charge in [0.1, 0.15) is 18.0 Å². The Hall–Kier alpha value is -0.410. The average Bonchev–Trinajstić information content (AvgIpc) is 2.76. The molecular formula is C9H12O3. The zero-order valence-corrected chi connectivity index (χ0v) is 7.19. The lowest BCUT2D eigenvalue weighted by Gasteiger charge is -2.32. The number of hydrogen-bond donors (Lipinski definition) is 0. The molecule has 2 bridgehead atoms. The lowest BCUT2D eigenvalue weighted by atomic mass is 9.88. The SMILES string of the molecule is CC1C(=O)[C@H](C)[C@H]2O[C@@H]1[C@@H]1OC12. The second-order valence-corrected chi connectivity index (χ2v) is 4.11. The Morgan fingerprint density at radius 3 is 1.83 bits per heavy atom. The Morgan fingerprint density at radius 1 is 0.917 bits per heavy atom. The van der Waals surface area contributed by atoms with Crippen molar-refractivity contribution in [2.24, 2.45) is 11.8 Å². The van der Waals surface area contributed by atoms with Gasteiger partial charge < -0.3 is 9.47 Å². The molecule has 0 amide bonds. The van der Waals surface area contributed by atoms with Crippen molar-refractivity contribution in [3.63, 3.8) is 0 Å². The third kappa shape index (κ3) is 0.627. The lowest BCUT2D eigenvalue weighted by molar-refractivity contribution is -0.156. The predicted octanol–water partition coefficient (Wildman–Crippen LogP) is 0.376. The van der Waals surface area contributed by atoms with E-state index in [0.29, 0.717) is 5.78 Å². The van der Waals surface area contributed by atoms with Gasteiger partial charge in [-0.15, -0.1) is 0 Å². The molecule has 3 heterocycles. The number of hydrogen-bond acceptors (Lipinski definition) is 3. The van der Waals surface area contributed by atoms with Gasteiger partial charge in [0.2, 0.25) is 0 Å². The van der Waals surface area contributed by atoms with Crippen LogP contribution in [0.5, 0.6) is 0 Å². The van der Waals surface area contributed by atoms with Crippen molar-refractivity contribution in [3.05, 3.63) is 0 Å². The summed E-state index contributed by atoms with van der Waals surface area (Å²) in [5.74, 6) is 0.426. The van der Waals surface area contributed by atoms with Gasteiger partial charge in [-0.25, -0.2) is 0 Å². The van der Waals surface area contributed by atoms with E-state index in [0.717, 1.165) is 0 Å². The van der Waals surface area contributed by atoms with Gasteiger partial charge in [-0.2, -0.15) is 0 Å². The van der Waals surface area contributed by atoms with E-state index in [1.165, 1.54) is 0 Å². The maximum absolute atomic E-state index is 11.6. The van der Waals surface area contributed by atoms with Gasteiger partial charge in [-0.05, 0) is 0 Å². The molecule has 0 saturated carbocycles. The molecule has 66 valence electrons. The van der Waals surface area contributed by atoms with Crippen LogP contribution >= 0.6 is 0 Å². The second-order valence-electron chi connectivity index (χ2n) is 4.11. The van der Waals surface area contributed by atoms with Crippen molar-refractivity contribution in [1.29, 1.82) is 0 Å². The number of carbonyl (C=O) groups is 1. The number of epoxide rings is 1. The molecule has 3 saturated heterocycles. The summed E-state index contributed by atoms with van der Waals surface area (Å²) in [6.07, 6.45) is 0.588. The first kappa shape index (κ1) is 7.04. The third-order valence-corrected chi connectivity index (χ3v) is 3.41. The molecular weight excluding hydrogens is 156 g/mol. The number of rotatable bonds is 0. The summed E-state index contributed by atoms with van der Waals surface area (Å²) in [5, 5.41) is 0. The molecule has 0 radical (unpaired) electrons. The van der Waals surface area contributed by atoms with Crippen LogP contribution in [0.25, 0.3) is 0 Å². The summed E-state index contributed by atoms with van der Waals surface area (Å²) in [5.41, 5.74) is 0. The van der Waals surface area contributed by atoms with Crippen LogP contribution in [-0.2, 0) is 14.3 Å². The second kappa shape index (κ2) is 1.91. The Morgan fingerprint density at radius 2 is 1.33 bits per heavy atom. The minimum atomic E-state index is 0.0359. The van der Waals surface area contributed by atoms with Gasteiger partial charge in [0, 0.05) is 11.8 Å². The predicted molar refractivity (Wildman–Crippen MR) is 40.7 cm³/mol. The molecule has 0 N–H and O–H groups in total. The molecule has 3 fully saturated rings. The van der Waals surface area contributed by atoms with Crippen LogP contribution in [-0.4, -0.2) is 30.2 Å². The monoisotopic (exact) mass is 168 g/mol. The van der Waals surface area contributed by atoms with Crippen LogP contribution < -0.4 is 0 Å². The van der Waals surface area contributed by atoms with Gasteiger partial charge in [-0.3, -0.25) is 4.79 Å². The third-order valence-electron chi connectivity index (χ3n) is 3.41. The summed E-state index contributed by atoms with van der Waals surface area (Å²) >= 11 is 0. The zero-order valence-electron chi connectivity index (χ0n) is 7.19. The minimum Gasteiger partial charge on any atom is -0.368 e. The molecule has 3 aliphatic rings. The summed E-state index contributed by atoms with van der Waals surface area (Å²) in [6.45, 7) is 3.90. The summed E-state index contributed by atoms with van der Waals surface area (Å²) in [4.78, 5) is 11.6. The molecule has 3 rings (SSSR count). The van der Waals surface area contributed by atoms with Crippen LogP contribution in [0.4, 0.5) is 0 Å². The van der Waals surface area contributed by atoms with Gasteiger partial charge in [-0.1, -0.05) is 13.8 Å². The van der Waals surface area contributed by atoms with Crippen LogP contribution in [0, 0.1) is 11.8 Å². The zero-order chi connectivity index (χ0) is 8.46. The molecule has 6 atom stereocenters. The van der Waals surface area contributed by atoms with Gasteiger partial charge in [0.15, 0.2) is 0 Å². The van der Waals surface area contributed by atoms with Crippen molar-refractivity contribution in [3.8, 4) is 0 Å². The molecule has 3 aliphatic heterocycles. The standard InChI is InChI=1S/C9H12O3/c1-3-5(10)4(2)7-9-8(12-9)6(3)11-7/h3-4,6-9H,1-2H3/t3-,4?,6+,7-,8?,9-/m0/s1. The fourth-order valence-electron chi connectivity index (χ4n) is 2.54. The summed E-state index contributed by atoms with van der Waals surface area (Å²) in [7, 11) is 0. The van der Waals surface area contributed by atoms with Crippen molar-refractivity contribution < 1.29 is 14.3 Å². The van der Waals surface area contributed by atoms with E-state index in [4.69, 9.17) is 9.47 Å². The van der Waals surface area contributed by atoms with E-state index in [2.05, 4.69) is 0 Å². The quantitative estimate of drug-likeness (QED) is 0.491. The fraction of sp³-hybridized carbons (Fsp3) is 0.889. The van der Waals surface area contributed by atoms with Gasteiger partial charge in [0.05, 0.1) is 12.2 Å². The van der Waals surface area contributed by atoms with E-state index < -0.39 is 0 Å². The summed E-state index contributed by atoms with van der Waals surface area (Å²) in [6, 6.07) is 0. The van der Waals surface area contributed by atoms with E-state index in [9.17, 15) is 4.79 Å². The molecule has 0 aromatic heterocycles. The fourth-order valence-corrected chi connectivity index (χ4v) is 2.54. The Balaban J connectivity index is 1.98. The largest absolute Gasteiger partial charge is 0.368 e. The van der Waals surface area contributed by atoms with E-state index >= 15 is 0 Å². The van der Waals surface area contributed by atoms with E-state index in [-0.39, 0.29) is 36.3 Å². The number of Topliss-reactive ketones (excluding diaryl/α,β-unsaturated/α-hetero) is 1. The lowest BCUT2D eigenvalue weighted by Crippen LogP contribution is -2.44. The number of fused-ring (bicyclic) bond motifs is 5. The van der Waals surface area contributed by atoms with Crippen molar-refractivity contribution in [2.75, 3.05) is 0 Å². The summed E-state index contributed by atoms with van der Waals surface area (Å²) < 4.78 is 11.1. The van der Waals surface area contributed by atoms with Crippen molar-refractivity contribution >= 4 is 5.78 Å². The highest BCUT2D eigenvalue weighted by atomic mass is 16.7. The first-order valence-electron chi connectivity index (χ1n) is 4.55. The molecule has 12 heavy (non-hydrogen) atoms. The smallest absolute Gasteiger partial charge is 0.143 e. The Kier molecular flexibility index (Phi) is 1.12. The molecule has 0 aliphatic carbocycles. The molecule has 0 aromatic rings. The first-order valence-corrected chi connectivity index (χ1v) is 4.55. The van der Waals surface area contributed by atoms with Gasteiger partial charge in [0.25, 0.3) is 0 Å². The maximum atomic E-state index is 11.6. The molecule has 0 aromatic carbocycles. The molecule has 0 spiro atoms. The normalized spacial score (nSPS) is 61.7. The Labute approximate surface area is 71.0 Å². The highest BCUT2D eigenvalue weighted by Gasteiger charge is 2.65. The molecule has 3 heteroatoms. The molecule has 3 nitrogen and oxygen atoms in total. The Bertz CT molecular complexity index is 228. The van der Waals surface area contributed by atoms with Crippen LogP contribution in [0.2, 0.25) is 0 Å². The average molecular weight is 168 g/mol. The van der Waals surface area contributed by atoms with Crippen molar-refractivity contribution in [2.45, 2.75) is 38.3 Å². The highest BCUT2D eigenvalue weighted by Crippen LogP contribution is 2.49. The van der Waals surface area contributed by atoms with Crippen LogP contribution in [0.15, 0.2) is 0 Å².